The van der Waals surface area contributed by atoms with Crippen LogP contribution in [0.25, 0.3) is 0 Å². The van der Waals surface area contributed by atoms with Gasteiger partial charge in [-0.1, -0.05) is 0 Å². The van der Waals surface area contributed by atoms with Gasteiger partial charge in [-0.2, -0.15) is 23.5 Å². The van der Waals surface area contributed by atoms with Crippen LogP contribution in [0.5, 0.6) is 0 Å². The van der Waals surface area contributed by atoms with Crippen LogP contribution < -0.4 is 5.32 Å². The van der Waals surface area contributed by atoms with Gasteiger partial charge in [-0.3, -0.25) is 0 Å². The minimum absolute atomic E-state index is 0.296. The molecule has 0 bridgehead atoms. The number of thioether (sulfide) groups is 2. The number of hydrogen-bond acceptors (Lipinski definition) is 4. The van der Waals surface area contributed by atoms with Crippen LogP contribution in [0.3, 0.4) is 0 Å². The van der Waals surface area contributed by atoms with Crippen LogP contribution in [0.15, 0.2) is 0 Å². The Bertz CT molecular complexity index is 252. The van der Waals surface area contributed by atoms with Crippen molar-refractivity contribution in [3.8, 4) is 0 Å². The summed E-state index contributed by atoms with van der Waals surface area (Å²) in [4.78, 5) is 0. The zero-order valence-electron chi connectivity index (χ0n) is 10.5. The van der Waals surface area contributed by atoms with Gasteiger partial charge in [0.2, 0.25) is 0 Å². The van der Waals surface area contributed by atoms with E-state index in [0.717, 1.165) is 17.9 Å². The highest BCUT2D eigenvalue weighted by Gasteiger charge is 2.42. The molecule has 3 aliphatic rings. The Morgan fingerprint density at radius 3 is 2.94 bits per heavy atom. The van der Waals surface area contributed by atoms with E-state index in [1.165, 1.54) is 55.9 Å². The molecule has 1 N–H and O–H groups in total. The Balaban J connectivity index is 1.41. The van der Waals surface area contributed by atoms with E-state index in [1.54, 1.807) is 0 Å². The van der Waals surface area contributed by atoms with Crippen molar-refractivity contribution in [1.82, 2.24) is 5.32 Å². The molecule has 0 aromatic rings. The predicted molar refractivity (Wildman–Crippen MR) is 77.1 cm³/mol. The largest absolute Gasteiger partial charge is 0.375 e. The average molecular weight is 273 g/mol. The van der Waals surface area contributed by atoms with E-state index in [9.17, 15) is 0 Å². The Labute approximate surface area is 113 Å². The van der Waals surface area contributed by atoms with E-state index < -0.39 is 0 Å². The lowest BCUT2D eigenvalue weighted by Gasteiger charge is -2.47. The summed E-state index contributed by atoms with van der Waals surface area (Å²) in [5.74, 6) is 4.03. The van der Waals surface area contributed by atoms with Crippen molar-refractivity contribution < 1.29 is 4.74 Å². The fourth-order valence-electron chi connectivity index (χ4n) is 3.07. The van der Waals surface area contributed by atoms with Crippen molar-refractivity contribution in [2.45, 2.75) is 49.0 Å². The third kappa shape index (κ3) is 3.14. The van der Waals surface area contributed by atoms with E-state index in [1.807, 2.05) is 0 Å². The molecule has 0 aromatic heterocycles. The Hall–Kier alpha value is 0.620. The molecular weight excluding hydrogens is 250 g/mol. The van der Waals surface area contributed by atoms with Gasteiger partial charge in [0.05, 0.1) is 5.60 Å². The summed E-state index contributed by atoms with van der Waals surface area (Å²) >= 11 is 4.28. The number of hydrogen-bond donors (Lipinski definition) is 1. The van der Waals surface area contributed by atoms with Gasteiger partial charge in [0.15, 0.2) is 0 Å². The summed E-state index contributed by atoms with van der Waals surface area (Å²) in [5.41, 5.74) is 0.296. The van der Waals surface area contributed by atoms with Crippen molar-refractivity contribution >= 4 is 23.5 Å². The summed E-state index contributed by atoms with van der Waals surface area (Å²) in [5, 5.41) is 4.64. The third-order valence-electron chi connectivity index (χ3n) is 4.28. The Morgan fingerprint density at radius 1 is 1.29 bits per heavy atom. The number of nitrogens with one attached hydrogen (secondary N) is 1. The van der Waals surface area contributed by atoms with Gasteiger partial charge in [-0.25, -0.2) is 0 Å². The first-order valence-electron chi connectivity index (χ1n) is 6.93. The van der Waals surface area contributed by atoms with E-state index >= 15 is 0 Å². The van der Waals surface area contributed by atoms with Gasteiger partial charge in [0.25, 0.3) is 0 Å². The number of ether oxygens (including phenoxy) is 1. The van der Waals surface area contributed by atoms with Gasteiger partial charge in [0, 0.05) is 41.7 Å². The molecule has 2 heterocycles. The highest BCUT2D eigenvalue weighted by Crippen LogP contribution is 2.42. The second-order valence-corrected chi connectivity index (χ2v) is 8.11. The molecular formula is C13H23NOS2. The van der Waals surface area contributed by atoms with Gasteiger partial charge in [0.1, 0.15) is 0 Å². The van der Waals surface area contributed by atoms with Gasteiger partial charge < -0.3 is 10.1 Å². The lowest BCUT2D eigenvalue weighted by Crippen LogP contribution is -2.51. The average Bonchev–Trinajstić information content (AvgIpc) is 2.36. The maximum Gasteiger partial charge on any atom is 0.0697 e. The lowest BCUT2D eigenvalue weighted by molar-refractivity contribution is -0.135. The lowest BCUT2D eigenvalue weighted by atomic mass is 9.74. The molecule has 0 radical (unpaired) electrons. The van der Waals surface area contributed by atoms with Crippen LogP contribution in [0, 0.1) is 0 Å². The minimum atomic E-state index is 0.296. The first kappa shape index (κ1) is 12.6. The van der Waals surface area contributed by atoms with Gasteiger partial charge >= 0.3 is 0 Å². The molecule has 2 atom stereocenters. The SMILES string of the molecule is C1CC2(C1)CC(NCC1CSCCS1)CCO2. The fourth-order valence-corrected chi connectivity index (χ4v) is 5.70. The Morgan fingerprint density at radius 2 is 2.24 bits per heavy atom. The first-order valence-corrected chi connectivity index (χ1v) is 9.13. The normalized spacial score (nSPS) is 36.7. The van der Waals surface area contributed by atoms with Crippen LogP contribution in [0.4, 0.5) is 0 Å². The molecule has 98 valence electrons. The highest BCUT2D eigenvalue weighted by molar-refractivity contribution is 8.06. The summed E-state index contributed by atoms with van der Waals surface area (Å²) in [6.45, 7) is 2.18. The van der Waals surface area contributed by atoms with E-state index in [2.05, 4.69) is 28.8 Å². The molecule has 0 amide bonds. The second kappa shape index (κ2) is 5.72. The van der Waals surface area contributed by atoms with E-state index in [-0.39, 0.29) is 0 Å². The van der Waals surface area contributed by atoms with Crippen LogP contribution in [0.1, 0.15) is 32.1 Å². The van der Waals surface area contributed by atoms with Crippen molar-refractivity contribution in [2.24, 2.45) is 0 Å². The van der Waals surface area contributed by atoms with Crippen molar-refractivity contribution in [3.05, 3.63) is 0 Å². The van der Waals surface area contributed by atoms with Crippen LogP contribution >= 0.6 is 23.5 Å². The Kier molecular flexibility index (Phi) is 4.26. The predicted octanol–water partition coefficient (Wildman–Crippen LogP) is 2.53. The molecule has 1 saturated carbocycles. The molecule has 4 heteroatoms. The van der Waals surface area contributed by atoms with Gasteiger partial charge in [-0.05, 0) is 32.1 Å². The zero-order valence-corrected chi connectivity index (χ0v) is 12.1. The first-order chi connectivity index (χ1) is 8.36. The number of rotatable bonds is 3. The maximum atomic E-state index is 5.97. The molecule has 3 fully saturated rings. The molecule has 3 rings (SSSR count). The molecule has 2 nitrogen and oxygen atoms in total. The highest BCUT2D eigenvalue weighted by atomic mass is 32.2. The molecule has 2 saturated heterocycles. The molecule has 1 aliphatic carbocycles. The summed E-state index contributed by atoms with van der Waals surface area (Å²) in [6, 6.07) is 0.719. The fraction of sp³-hybridized carbons (Fsp3) is 1.00. The molecule has 1 spiro atoms. The van der Waals surface area contributed by atoms with Crippen LogP contribution in [-0.4, -0.2) is 47.3 Å². The summed E-state index contributed by atoms with van der Waals surface area (Å²) in [6.07, 6.45) is 6.46. The quantitative estimate of drug-likeness (QED) is 0.852. The monoisotopic (exact) mass is 273 g/mol. The molecule has 0 aromatic carbocycles. The maximum absolute atomic E-state index is 5.97. The zero-order chi connectivity index (χ0) is 11.6. The van der Waals surface area contributed by atoms with Crippen molar-refractivity contribution in [1.29, 1.82) is 0 Å². The standard InChI is InChI=1S/C13H23NOS2/c1-3-13(4-1)8-11(2-5-15-13)14-9-12-10-16-6-7-17-12/h11-12,14H,1-10H2. The molecule has 17 heavy (non-hydrogen) atoms. The van der Waals surface area contributed by atoms with E-state index in [4.69, 9.17) is 4.74 Å². The molecule has 2 unspecified atom stereocenters. The summed E-state index contributed by atoms with van der Waals surface area (Å²) < 4.78 is 5.97. The minimum Gasteiger partial charge on any atom is -0.375 e. The second-order valence-electron chi connectivity index (χ2n) is 5.55. The third-order valence-corrected chi connectivity index (χ3v) is 7.12. The van der Waals surface area contributed by atoms with Crippen LogP contribution in [0.2, 0.25) is 0 Å². The summed E-state index contributed by atoms with van der Waals surface area (Å²) in [7, 11) is 0. The smallest absolute Gasteiger partial charge is 0.0697 e. The van der Waals surface area contributed by atoms with Crippen molar-refractivity contribution in [2.75, 3.05) is 30.4 Å². The van der Waals surface area contributed by atoms with Gasteiger partial charge in [-0.15, -0.1) is 0 Å². The van der Waals surface area contributed by atoms with Crippen LogP contribution in [-0.2, 0) is 4.74 Å². The topological polar surface area (TPSA) is 21.3 Å². The molecule has 2 aliphatic heterocycles. The van der Waals surface area contributed by atoms with E-state index in [0.29, 0.717) is 5.60 Å². The van der Waals surface area contributed by atoms with Crippen molar-refractivity contribution in [3.63, 3.8) is 0 Å².